The Bertz CT molecular complexity index is 225. The summed E-state index contributed by atoms with van der Waals surface area (Å²) >= 11 is 0. The van der Waals surface area contributed by atoms with Gasteiger partial charge in [-0.15, -0.1) is 0 Å². The van der Waals surface area contributed by atoms with Crippen molar-refractivity contribution in [2.45, 2.75) is 44.9 Å². The zero-order chi connectivity index (χ0) is 12.7. The molecule has 0 aromatic carbocycles. The largest absolute Gasteiger partial charge is 0.465 e. The third kappa shape index (κ3) is 5.39. The highest BCUT2D eigenvalue weighted by Gasteiger charge is 2.22. The molecule has 1 aliphatic rings. The number of carbonyl (C=O) groups is 1. The minimum atomic E-state index is -0.824. The summed E-state index contributed by atoms with van der Waals surface area (Å²) in [5, 5.41) is 17.5. The molecule has 0 aliphatic heterocycles. The number of carboxylic acid groups (broad SMARTS) is 1. The SMILES string of the molecule is CN(CC1CCC(CCCCO)CC1)C(=O)O. The number of nitrogens with zero attached hydrogens (tertiary/aromatic N) is 1. The van der Waals surface area contributed by atoms with E-state index in [1.54, 1.807) is 7.05 Å². The summed E-state index contributed by atoms with van der Waals surface area (Å²) in [6.45, 7) is 0.984. The summed E-state index contributed by atoms with van der Waals surface area (Å²) in [7, 11) is 1.65. The van der Waals surface area contributed by atoms with Crippen LogP contribution in [0.1, 0.15) is 44.9 Å². The van der Waals surface area contributed by atoms with Crippen molar-refractivity contribution in [2.24, 2.45) is 11.8 Å². The maximum Gasteiger partial charge on any atom is 0.407 e. The van der Waals surface area contributed by atoms with Crippen LogP contribution in [-0.4, -0.2) is 41.4 Å². The van der Waals surface area contributed by atoms with Crippen LogP contribution in [0.2, 0.25) is 0 Å². The lowest BCUT2D eigenvalue weighted by molar-refractivity contribution is 0.138. The maximum atomic E-state index is 10.7. The normalized spacial score (nSPS) is 24.6. The summed E-state index contributed by atoms with van der Waals surface area (Å²) in [5.74, 6) is 1.35. The minimum absolute atomic E-state index is 0.304. The molecule has 0 bridgehead atoms. The molecule has 17 heavy (non-hydrogen) atoms. The fourth-order valence-electron chi connectivity index (χ4n) is 2.71. The average Bonchev–Trinajstić information content (AvgIpc) is 2.31. The molecule has 1 rings (SSSR count). The van der Waals surface area contributed by atoms with Crippen LogP contribution in [0, 0.1) is 11.8 Å². The Balaban J connectivity index is 2.15. The lowest BCUT2D eigenvalue weighted by atomic mass is 9.79. The highest BCUT2D eigenvalue weighted by molar-refractivity contribution is 5.64. The molecule has 100 valence electrons. The van der Waals surface area contributed by atoms with E-state index in [0.717, 1.165) is 31.6 Å². The Kier molecular flexibility index (Phi) is 6.34. The summed E-state index contributed by atoms with van der Waals surface area (Å²) < 4.78 is 0. The smallest absolute Gasteiger partial charge is 0.407 e. The molecule has 0 atom stereocenters. The van der Waals surface area contributed by atoms with Gasteiger partial charge in [0.25, 0.3) is 0 Å². The number of hydrogen-bond donors (Lipinski definition) is 2. The van der Waals surface area contributed by atoms with Crippen molar-refractivity contribution < 1.29 is 15.0 Å². The first-order valence-corrected chi connectivity index (χ1v) is 6.68. The molecule has 0 unspecified atom stereocenters. The first-order chi connectivity index (χ1) is 8.13. The van der Waals surface area contributed by atoms with Gasteiger partial charge in [0.05, 0.1) is 0 Å². The van der Waals surface area contributed by atoms with E-state index in [2.05, 4.69) is 0 Å². The van der Waals surface area contributed by atoms with Crippen molar-refractivity contribution >= 4 is 6.09 Å². The number of rotatable bonds is 6. The van der Waals surface area contributed by atoms with Crippen LogP contribution >= 0.6 is 0 Å². The van der Waals surface area contributed by atoms with E-state index in [1.807, 2.05) is 0 Å². The van der Waals surface area contributed by atoms with E-state index in [1.165, 1.54) is 24.2 Å². The fraction of sp³-hybridized carbons (Fsp3) is 0.923. The predicted molar refractivity (Wildman–Crippen MR) is 67.0 cm³/mol. The molecule has 1 aliphatic carbocycles. The second-order valence-corrected chi connectivity index (χ2v) is 5.27. The van der Waals surface area contributed by atoms with E-state index in [0.29, 0.717) is 19.1 Å². The van der Waals surface area contributed by atoms with Crippen LogP contribution in [0.5, 0.6) is 0 Å². The number of aliphatic hydroxyl groups is 1. The van der Waals surface area contributed by atoms with Gasteiger partial charge in [0.15, 0.2) is 0 Å². The Morgan fingerprint density at radius 2 is 1.76 bits per heavy atom. The summed E-state index contributed by atoms with van der Waals surface area (Å²) in [4.78, 5) is 12.1. The second kappa shape index (κ2) is 7.54. The van der Waals surface area contributed by atoms with Gasteiger partial charge in [-0.1, -0.05) is 25.7 Å². The van der Waals surface area contributed by atoms with E-state index >= 15 is 0 Å². The fourth-order valence-corrected chi connectivity index (χ4v) is 2.71. The van der Waals surface area contributed by atoms with Crippen LogP contribution in [-0.2, 0) is 0 Å². The quantitative estimate of drug-likeness (QED) is 0.705. The van der Waals surface area contributed by atoms with Crippen LogP contribution in [0.3, 0.4) is 0 Å². The highest BCUT2D eigenvalue weighted by Crippen LogP contribution is 2.32. The molecule has 1 saturated carbocycles. The van der Waals surface area contributed by atoms with Crippen molar-refractivity contribution in [3.8, 4) is 0 Å². The van der Waals surface area contributed by atoms with Gasteiger partial charge in [0.2, 0.25) is 0 Å². The maximum absolute atomic E-state index is 10.7. The molecule has 0 aromatic rings. The van der Waals surface area contributed by atoms with Gasteiger partial charge in [-0.05, 0) is 31.1 Å². The third-order valence-corrected chi connectivity index (χ3v) is 3.85. The number of aliphatic hydroxyl groups excluding tert-OH is 1. The minimum Gasteiger partial charge on any atom is -0.465 e. The first kappa shape index (κ1) is 14.3. The van der Waals surface area contributed by atoms with Gasteiger partial charge in [-0.25, -0.2) is 4.79 Å². The predicted octanol–water partition coefficient (Wildman–Crippen LogP) is 2.57. The number of hydrogen-bond acceptors (Lipinski definition) is 2. The molecule has 1 amide bonds. The topological polar surface area (TPSA) is 60.8 Å². The molecule has 4 nitrogen and oxygen atoms in total. The molecule has 1 fully saturated rings. The van der Waals surface area contributed by atoms with Crippen LogP contribution in [0.4, 0.5) is 4.79 Å². The van der Waals surface area contributed by atoms with E-state index < -0.39 is 6.09 Å². The Labute approximate surface area is 104 Å². The van der Waals surface area contributed by atoms with E-state index in [-0.39, 0.29) is 0 Å². The number of unbranched alkanes of at least 4 members (excludes halogenated alkanes) is 1. The van der Waals surface area contributed by atoms with Gasteiger partial charge < -0.3 is 15.1 Å². The van der Waals surface area contributed by atoms with Crippen molar-refractivity contribution in [1.29, 1.82) is 0 Å². The standard InChI is InChI=1S/C13H25NO3/c1-14(13(16)17)10-12-7-5-11(6-8-12)4-2-3-9-15/h11-12,15H,2-10H2,1H3,(H,16,17). The Hall–Kier alpha value is -0.770. The summed E-state index contributed by atoms with van der Waals surface area (Å²) in [6.07, 6.45) is 7.20. The zero-order valence-electron chi connectivity index (χ0n) is 10.8. The molecule has 0 radical (unpaired) electrons. The van der Waals surface area contributed by atoms with E-state index in [9.17, 15) is 4.79 Å². The monoisotopic (exact) mass is 243 g/mol. The van der Waals surface area contributed by atoms with Gasteiger partial charge >= 0.3 is 6.09 Å². The molecule has 0 aromatic heterocycles. The van der Waals surface area contributed by atoms with Gasteiger partial charge in [-0.2, -0.15) is 0 Å². The van der Waals surface area contributed by atoms with Gasteiger partial charge in [0.1, 0.15) is 0 Å². The molecule has 0 saturated heterocycles. The molecular formula is C13H25NO3. The Morgan fingerprint density at radius 1 is 1.18 bits per heavy atom. The average molecular weight is 243 g/mol. The third-order valence-electron chi connectivity index (χ3n) is 3.85. The zero-order valence-corrected chi connectivity index (χ0v) is 10.8. The van der Waals surface area contributed by atoms with Gasteiger partial charge in [-0.3, -0.25) is 0 Å². The highest BCUT2D eigenvalue weighted by atomic mass is 16.4. The van der Waals surface area contributed by atoms with Crippen molar-refractivity contribution in [1.82, 2.24) is 4.90 Å². The number of amides is 1. The van der Waals surface area contributed by atoms with Crippen LogP contribution in [0.15, 0.2) is 0 Å². The van der Waals surface area contributed by atoms with Crippen molar-refractivity contribution in [2.75, 3.05) is 20.2 Å². The van der Waals surface area contributed by atoms with Gasteiger partial charge in [0, 0.05) is 20.2 Å². The summed E-state index contributed by atoms with van der Waals surface area (Å²) in [6, 6.07) is 0. The molecule has 2 N–H and O–H groups in total. The van der Waals surface area contributed by atoms with Crippen LogP contribution in [0.25, 0.3) is 0 Å². The molecule has 0 heterocycles. The first-order valence-electron chi connectivity index (χ1n) is 6.68. The lowest BCUT2D eigenvalue weighted by Gasteiger charge is -2.30. The Morgan fingerprint density at radius 3 is 2.29 bits per heavy atom. The lowest BCUT2D eigenvalue weighted by Crippen LogP contribution is -2.32. The summed E-state index contributed by atoms with van der Waals surface area (Å²) in [5.41, 5.74) is 0. The van der Waals surface area contributed by atoms with Crippen LogP contribution < -0.4 is 0 Å². The van der Waals surface area contributed by atoms with E-state index in [4.69, 9.17) is 10.2 Å². The molecule has 0 spiro atoms. The van der Waals surface area contributed by atoms with Crippen molar-refractivity contribution in [3.05, 3.63) is 0 Å². The second-order valence-electron chi connectivity index (χ2n) is 5.27. The van der Waals surface area contributed by atoms with Crippen molar-refractivity contribution in [3.63, 3.8) is 0 Å². The molecular weight excluding hydrogens is 218 g/mol. The molecule has 4 heteroatoms.